The SMILES string of the molecule is c1ccc(-c2ccc(-n3c4ccccc4c4c3c3ccccc3c3c5ccc6ccccc6c5n(-c5cccc(-c6ccccc6)c5)c34)cc2)cc1. The van der Waals surface area contributed by atoms with Crippen molar-refractivity contribution in [1.29, 1.82) is 0 Å². The van der Waals surface area contributed by atoms with Crippen LogP contribution >= 0.6 is 0 Å². The van der Waals surface area contributed by atoms with Crippen LogP contribution in [0.1, 0.15) is 0 Å². The second kappa shape index (κ2) is 11.3. The van der Waals surface area contributed by atoms with Crippen molar-refractivity contribution in [2.45, 2.75) is 0 Å². The fourth-order valence-electron chi connectivity index (χ4n) is 8.62. The molecule has 0 aliphatic rings. The molecule has 2 heteroatoms. The van der Waals surface area contributed by atoms with Gasteiger partial charge in [0, 0.05) is 43.7 Å². The molecule has 52 heavy (non-hydrogen) atoms. The first-order valence-corrected chi connectivity index (χ1v) is 17.9. The van der Waals surface area contributed by atoms with Crippen molar-refractivity contribution in [1.82, 2.24) is 9.13 Å². The molecule has 242 valence electrons. The van der Waals surface area contributed by atoms with E-state index < -0.39 is 0 Å². The first-order chi connectivity index (χ1) is 25.8. The van der Waals surface area contributed by atoms with Crippen LogP contribution < -0.4 is 0 Å². The van der Waals surface area contributed by atoms with Gasteiger partial charge < -0.3 is 9.13 Å². The Bertz CT molecular complexity index is 3150. The molecule has 11 aromatic rings. The van der Waals surface area contributed by atoms with Gasteiger partial charge in [-0.1, -0.05) is 164 Å². The third-order valence-corrected chi connectivity index (χ3v) is 10.9. The van der Waals surface area contributed by atoms with Crippen LogP contribution in [0.5, 0.6) is 0 Å². The van der Waals surface area contributed by atoms with E-state index in [-0.39, 0.29) is 0 Å². The maximum atomic E-state index is 2.56. The first kappa shape index (κ1) is 28.9. The van der Waals surface area contributed by atoms with E-state index in [2.05, 4.69) is 203 Å². The van der Waals surface area contributed by atoms with Crippen LogP contribution in [0.4, 0.5) is 0 Å². The van der Waals surface area contributed by atoms with Gasteiger partial charge in [-0.3, -0.25) is 0 Å². The summed E-state index contributed by atoms with van der Waals surface area (Å²) in [4.78, 5) is 0. The molecule has 0 radical (unpaired) electrons. The Hall–Kier alpha value is -6.90. The number of aromatic nitrogens is 2. The van der Waals surface area contributed by atoms with Crippen molar-refractivity contribution in [2.75, 3.05) is 0 Å². The van der Waals surface area contributed by atoms with Crippen LogP contribution in [-0.2, 0) is 0 Å². The molecule has 2 nitrogen and oxygen atoms in total. The molecule has 0 saturated carbocycles. The summed E-state index contributed by atoms with van der Waals surface area (Å²) in [6.45, 7) is 0. The van der Waals surface area contributed by atoms with E-state index in [4.69, 9.17) is 0 Å². The van der Waals surface area contributed by atoms with Crippen molar-refractivity contribution < 1.29 is 0 Å². The summed E-state index contributed by atoms with van der Waals surface area (Å²) in [6.07, 6.45) is 0. The number of rotatable bonds is 4. The van der Waals surface area contributed by atoms with Gasteiger partial charge in [-0.15, -0.1) is 0 Å². The molecule has 0 aliphatic heterocycles. The first-order valence-electron chi connectivity index (χ1n) is 17.9. The molecule has 0 atom stereocenters. The highest BCUT2D eigenvalue weighted by Crippen LogP contribution is 2.48. The molecule has 0 bridgehead atoms. The normalized spacial score (nSPS) is 11.8. The molecule has 0 aliphatic carbocycles. The second-order valence-corrected chi connectivity index (χ2v) is 13.7. The molecule has 9 aromatic carbocycles. The predicted octanol–water partition coefficient (Wildman–Crippen LogP) is 13.5. The Labute approximate surface area is 301 Å². The van der Waals surface area contributed by atoms with Crippen molar-refractivity contribution >= 4 is 65.2 Å². The zero-order valence-electron chi connectivity index (χ0n) is 28.4. The lowest BCUT2D eigenvalue weighted by Gasteiger charge is -2.14. The van der Waals surface area contributed by atoms with Crippen LogP contribution in [-0.4, -0.2) is 9.13 Å². The van der Waals surface area contributed by atoms with E-state index in [1.54, 1.807) is 0 Å². The van der Waals surface area contributed by atoms with Gasteiger partial charge in [0.2, 0.25) is 0 Å². The van der Waals surface area contributed by atoms with E-state index in [9.17, 15) is 0 Å². The third kappa shape index (κ3) is 4.19. The zero-order valence-corrected chi connectivity index (χ0v) is 28.4. The van der Waals surface area contributed by atoms with E-state index >= 15 is 0 Å². The minimum absolute atomic E-state index is 1.15. The van der Waals surface area contributed by atoms with Crippen LogP contribution in [0, 0.1) is 0 Å². The standard InChI is InChI=1S/C50H32N2/c1-3-14-33(15-4-1)35-26-29-38(30-27-35)51-45-25-12-11-24-43(45)47-49(51)42-23-10-9-22-41(42)46-44-31-28-36-18-7-8-21-40(36)48(44)52(50(46)47)39-20-13-19-37(32-39)34-16-5-2-6-17-34/h1-32H. The number of hydrogen-bond donors (Lipinski definition) is 0. The largest absolute Gasteiger partial charge is 0.309 e. The number of nitrogens with zero attached hydrogens (tertiary/aromatic N) is 2. The van der Waals surface area contributed by atoms with Gasteiger partial charge in [0.25, 0.3) is 0 Å². The van der Waals surface area contributed by atoms with E-state index in [1.165, 1.54) is 87.4 Å². The fourth-order valence-corrected chi connectivity index (χ4v) is 8.62. The molecule has 0 N–H and O–H groups in total. The van der Waals surface area contributed by atoms with Crippen LogP contribution in [0.15, 0.2) is 194 Å². The van der Waals surface area contributed by atoms with Gasteiger partial charge in [0.05, 0.1) is 22.1 Å². The van der Waals surface area contributed by atoms with Gasteiger partial charge in [0.15, 0.2) is 0 Å². The minimum Gasteiger partial charge on any atom is -0.309 e. The molecule has 0 amide bonds. The summed E-state index contributed by atoms with van der Waals surface area (Å²) >= 11 is 0. The average molecular weight is 661 g/mol. The smallest absolute Gasteiger partial charge is 0.0648 e. The number of hydrogen-bond acceptors (Lipinski definition) is 0. The van der Waals surface area contributed by atoms with Crippen LogP contribution in [0.25, 0.3) is 98.8 Å². The highest BCUT2D eigenvalue weighted by Gasteiger charge is 2.25. The molecule has 11 rings (SSSR count). The summed E-state index contributed by atoms with van der Waals surface area (Å²) in [7, 11) is 0. The van der Waals surface area contributed by atoms with Gasteiger partial charge in [-0.25, -0.2) is 0 Å². The topological polar surface area (TPSA) is 9.86 Å². The van der Waals surface area contributed by atoms with Crippen molar-refractivity contribution in [2.24, 2.45) is 0 Å². The lowest BCUT2D eigenvalue weighted by Crippen LogP contribution is -1.97. The maximum Gasteiger partial charge on any atom is 0.0648 e. The average Bonchev–Trinajstić information content (AvgIpc) is 3.76. The quantitative estimate of drug-likeness (QED) is 0.178. The van der Waals surface area contributed by atoms with E-state index in [1.807, 2.05) is 0 Å². The summed E-state index contributed by atoms with van der Waals surface area (Å²) in [6, 6.07) is 70.9. The van der Waals surface area contributed by atoms with Gasteiger partial charge in [-0.05, 0) is 63.4 Å². The van der Waals surface area contributed by atoms with Crippen molar-refractivity contribution in [3.8, 4) is 33.6 Å². The van der Waals surface area contributed by atoms with Crippen molar-refractivity contribution in [3.05, 3.63) is 194 Å². The molecule has 0 unspecified atom stereocenters. The summed E-state index contributed by atoms with van der Waals surface area (Å²) in [5.41, 5.74) is 12.0. The Kier molecular flexibility index (Phi) is 6.28. The highest BCUT2D eigenvalue weighted by molar-refractivity contribution is 6.38. The Balaban J connectivity index is 1.34. The molecule has 2 aromatic heterocycles. The fraction of sp³-hybridized carbons (Fsp3) is 0. The van der Waals surface area contributed by atoms with Gasteiger partial charge >= 0.3 is 0 Å². The molecule has 0 fully saturated rings. The monoisotopic (exact) mass is 660 g/mol. The van der Waals surface area contributed by atoms with Crippen LogP contribution in [0.3, 0.4) is 0 Å². The number of fused-ring (bicyclic) bond motifs is 12. The zero-order chi connectivity index (χ0) is 34.2. The minimum atomic E-state index is 1.15. The lowest BCUT2D eigenvalue weighted by atomic mass is 9.98. The summed E-state index contributed by atoms with van der Waals surface area (Å²) < 4.78 is 5.05. The predicted molar refractivity (Wildman–Crippen MR) is 221 cm³/mol. The van der Waals surface area contributed by atoms with E-state index in [0.29, 0.717) is 0 Å². The molecule has 0 spiro atoms. The highest BCUT2D eigenvalue weighted by atomic mass is 15.0. The number of para-hydroxylation sites is 1. The molecule has 2 heterocycles. The van der Waals surface area contributed by atoms with Gasteiger partial charge in [-0.2, -0.15) is 0 Å². The summed E-state index contributed by atoms with van der Waals surface area (Å²) in [5.74, 6) is 0. The Morgan fingerprint density at radius 2 is 0.865 bits per heavy atom. The molecular weight excluding hydrogens is 629 g/mol. The molecular formula is C50H32N2. The third-order valence-electron chi connectivity index (χ3n) is 10.9. The lowest BCUT2D eigenvalue weighted by molar-refractivity contribution is 1.18. The Morgan fingerprint density at radius 3 is 1.63 bits per heavy atom. The van der Waals surface area contributed by atoms with Crippen molar-refractivity contribution in [3.63, 3.8) is 0 Å². The number of benzene rings is 9. The summed E-state index contributed by atoms with van der Waals surface area (Å²) in [5, 5.41) is 10.1. The van der Waals surface area contributed by atoms with Crippen LogP contribution in [0.2, 0.25) is 0 Å². The van der Waals surface area contributed by atoms with Gasteiger partial charge in [0.1, 0.15) is 0 Å². The van der Waals surface area contributed by atoms with E-state index in [0.717, 1.165) is 11.4 Å². The maximum absolute atomic E-state index is 2.56. The molecule has 0 saturated heterocycles. The second-order valence-electron chi connectivity index (χ2n) is 13.7. The Morgan fingerprint density at radius 1 is 0.269 bits per heavy atom.